The highest BCUT2D eigenvalue weighted by Gasteiger charge is 2.27. The highest BCUT2D eigenvalue weighted by atomic mass is 35.5. The van der Waals surface area contributed by atoms with Gasteiger partial charge in [-0.3, -0.25) is 14.6 Å². The van der Waals surface area contributed by atoms with Crippen molar-refractivity contribution in [3.63, 3.8) is 0 Å². The molecular formula is C22H31ClN6O2. The maximum Gasteiger partial charge on any atom is 0.193 e. The first kappa shape index (κ1) is 22.1. The average molecular weight is 447 g/mol. The lowest BCUT2D eigenvalue weighted by atomic mass is 10.0. The molecule has 0 bridgehead atoms. The SMILES string of the molecule is CN=C(NCC(c1cccc(Cl)c1)N1CCOCC1)N1CCOC(c2cnn(C)c2)C1. The second-order valence-electron chi connectivity index (χ2n) is 7.90. The summed E-state index contributed by atoms with van der Waals surface area (Å²) in [5, 5.41) is 8.64. The Kier molecular flexibility index (Phi) is 7.45. The van der Waals surface area contributed by atoms with E-state index in [1.807, 2.05) is 43.3 Å². The third kappa shape index (κ3) is 5.57. The summed E-state index contributed by atoms with van der Waals surface area (Å²) < 4.78 is 13.4. The van der Waals surface area contributed by atoms with Crippen LogP contribution in [0.5, 0.6) is 0 Å². The fourth-order valence-corrected chi connectivity index (χ4v) is 4.43. The predicted octanol–water partition coefficient (Wildman–Crippen LogP) is 2.10. The van der Waals surface area contributed by atoms with Crippen LogP contribution in [-0.2, 0) is 16.5 Å². The van der Waals surface area contributed by atoms with Crippen LogP contribution in [0.15, 0.2) is 41.7 Å². The zero-order chi connectivity index (χ0) is 21.6. The molecule has 1 aromatic heterocycles. The lowest BCUT2D eigenvalue weighted by Gasteiger charge is -2.38. The quantitative estimate of drug-likeness (QED) is 0.560. The van der Waals surface area contributed by atoms with Crippen LogP contribution in [0.1, 0.15) is 23.3 Å². The molecule has 31 heavy (non-hydrogen) atoms. The standard InChI is InChI=1S/C22H31ClN6O2/c1-24-22(29-8-11-31-21(16-29)18-13-26-27(2)15-18)25-14-20(28-6-9-30-10-7-28)17-4-3-5-19(23)12-17/h3-5,12-13,15,20-21H,6-11,14,16H2,1-2H3,(H,24,25). The van der Waals surface area contributed by atoms with E-state index < -0.39 is 0 Å². The average Bonchev–Trinajstić information content (AvgIpc) is 3.24. The van der Waals surface area contributed by atoms with Crippen LogP contribution in [-0.4, -0.2) is 85.1 Å². The summed E-state index contributed by atoms with van der Waals surface area (Å²) in [6, 6.07) is 8.32. The summed E-state index contributed by atoms with van der Waals surface area (Å²) in [6.45, 7) is 6.24. The van der Waals surface area contributed by atoms with E-state index in [-0.39, 0.29) is 12.1 Å². The van der Waals surface area contributed by atoms with Crippen LogP contribution >= 0.6 is 11.6 Å². The minimum Gasteiger partial charge on any atom is -0.379 e. The van der Waals surface area contributed by atoms with E-state index in [4.69, 9.17) is 21.1 Å². The zero-order valence-electron chi connectivity index (χ0n) is 18.2. The van der Waals surface area contributed by atoms with Crippen molar-refractivity contribution in [2.24, 2.45) is 12.0 Å². The van der Waals surface area contributed by atoms with Crippen LogP contribution in [0.3, 0.4) is 0 Å². The first-order chi connectivity index (χ1) is 15.1. The number of hydrogen-bond donors (Lipinski definition) is 1. The van der Waals surface area contributed by atoms with Crippen molar-refractivity contribution in [3.05, 3.63) is 52.8 Å². The highest BCUT2D eigenvalue weighted by Crippen LogP contribution is 2.25. The summed E-state index contributed by atoms with van der Waals surface area (Å²) >= 11 is 6.30. The van der Waals surface area contributed by atoms with E-state index in [1.54, 1.807) is 0 Å². The number of nitrogens with one attached hydrogen (secondary N) is 1. The zero-order valence-corrected chi connectivity index (χ0v) is 19.0. The van der Waals surface area contributed by atoms with Gasteiger partial charge in [-0.1, -0.05) is 23.7 Å². The second-order valence-corrected chi connectivity index (χ2v) is 8.34. The molecule has 0 saturated carbocycles. The normalized spacial score (nSPS) is 21.8. The van der Waals surface area contributed by atoms with Gasteiger partial charge < -0.3 is 19.7 Å². The van der Waals surface area contributed by atoms with Crippen molar-refractivity contribution >= 4 is 17.6 Å². The molecule has 1 N–H and O–H groups in total. The lowest BCUT2D eigenvalue weighted by Crippen LogP contribution is -2.50. The molecule has 2 aliphatic heterocycles. The first-order valence-electron chi connectivity index (χ1n) is 10.8. The second kappa shape index (κ2) is 10.5. The number of guanidine groups is 1. The minimum absolute atomic E-state index is 0.0102. The van der Waals surface area contributed by atoms with E-state index in [2.05, 4.69) is 37.3 Å². The Labute approximate surface area is 188 Å². The van der Waals surface area contributed by atoms with Gasteiger partial charge in [-0.25, -0.2) is 0 Å². The van der Waals surface area contributed by atoms with Crippen molar-refractivity contribution in [2.75, 3.05) is 59.6 Å². The van der Waals surface area contributed by atoms with Crippen LogP contribution in [0.4, 0.5) is 0 Å². The van der Waals surface area contributed by atoms with Gasteiger partial charge in [-0.2, -0.15) is 5.10 Å². The largest absolute Gasteiger partial charge is 0.379 e. The molecule has 3 heterocycles. The maximum absolute atomic E-state index is 6.30. The highest BCUT2D eigenvalue weighted by molar-refractivity contribution is 6.30. The Balaban J connectivity index is 1.44. The number of ether oxygens (including phenoxy) is 2. The van der Waals surface area contributed by atoms with E-state index in [9.17, 15) is 0 Å². The molecule has 2 atom stereocenters. The van der Waals surface area contributed by atoms with Crippen molar-refractivity contribution in [2.45, 2.75) is 12.1 Å². The molecule has 1 aromatic carbocycles. The van der Waals surface area contributed by atoms with Gasteiger partial charge >= 0.3 is 0 Å². The van der Waals surface area contributed by atoms with Gasteiger partial charge in [0.15, 0.2) is 5.96 Å². The number of rotatable bonds is 5. The summed E-state index contributed by atoms with van der Waals surface area (Å²) in [6.07, 6.45) is 3.87. The van der Waals surface area contributed by atoms with Gasteiger partial charge in [0.1, 0.15) is 6.10 Å². The fraction of sp³-hybridized carbons (Fsp3) is 0.545. The third-order valence-corrected chi connectivity index (χ3v) is 6.08. The Morgan fingerprint density at radius 2 is 2.13 bits per heavy atom. The molecule has 9 heteroatoms. The molecule has 2 unspecified atom stereocenters. The van der Waals surface area contributed by atoms with Crippen LogP contribution in [0.25, 0.3) is 0 Å². The van der Waals surface area contributed by atoms with Gasteiger partial charge in [0.25, 0.3) is 0 Å². The molecule has 168 valence electrons. The van der Waals surface area contributed by atoms with Crippen LogP contribution < -0.4 is 5.32 Å². The Morgan fingerprint density at radius 3 is 2.84 bits per heavy atom. The summed E-state index contributed by atoms with van der Waals surface area (Å²) in [7, 11) is 3.76. The number of benzene rings is 1. The number of halogens is 1. The van der Waals surface area contributed by atoms with Crippen molar-refractivity contribution in [3.8, 4) is 0 Å². The number of hydrogen-bond acceptors (Lipinski definition) is 5. The molecule has 0 radical (unpaired) electrons. The monoisotopic (exact) mass is 446 g/mol. The van der Waals surface area contributed by atoms with E-state index in [1.165, 1.54) is 5.56 Å². The summed E-state index contributed by atoms with van der Waals surface area (Å²) in [5.41, 5.74) is 2.29. The fourth-order valence-electron chi connectivity index (χ4n) is 4.23. The number of morpholine rings is 2. The smallest absolute Gasteiger partial charge is 0.193 e. The van der Waals surface area contributed by atoms with Gasteiger partial charge in [0.2, 0.25) is 0 Å². The van der Waals surface area contributed by atoms with Crippen molar-refractivity contribution in [1.29, 1.82) is 0 Å². The molecule has 0 amide bonds. The van der Waals surface area contributed by atoms with Crippen molar-refractivity contribution < 1.29 is 9.47 Å². The molecule has 8 nitrogen and oxygen atoms in total. The summed E-state index contributed by atoms with van der Waals surface area (Å²) in [4.78, 5) is 9.27. The van der Waals surface area contributed by atoms with Crippen LogP contribution in [0.2, 0.25) is 5.02 Å². The predicted molar refractivity (Wildman–Crippen MR) is 121 cm³/mol. The first-order valence-corrected chi connectivity index (χ1v) is 11.1. The number of aryl methyl sites for hydroxylation is 1. The molecule has 4 rings (SSSR count). The minimum atomic E-state index is -0.0102. The molecule has 2 aliphatic rings. The van der Waals surface area contributed by atoms with Crippen molar-refractivity contribution in [1.82, 2.24) is 24.9 Å². The summed E-state index contributed by atoms with van der Waals surface area (Å²) in [5.74, 6) is 0.887. The number of aliphatic imine (C=N–C) groups is 1. The van der Waals surface area contributed by atoms with E-state index in [0.29, 0.717) is 6.61 Å². The lowest BCUT2D eigenvalue weighted by molar-refractivity contribution is -0.00853. The molecule has 2 aromatic rings. The maximum atomic E-state index is 6.30. The number of nitrogens with zero attached hydrogens (tertiary/aromatic N) is 5. The van der Waals surface area contributed by atoms with E-state index >= 15 is 0 Å². The van der Waals surface area contributed by atoms with E-state index in [0.717, 1.165) is 62.5 Å². The molecule has 0 aliphatic carbocycles. The third-order valence-electron chi connectivity index (χ3n) is 5.85. The van der Waals surface area contributed by atoms with Gasteiger partial charge in [-0.05, 0) is 17.7 Å². The molecule has 2 saturated heterocycles. The Morgan fingerprint density at radius 1 is 1.29 bits per heavy atom. The molecule has 2 fully saturated rings. The Hall–Kier alpha value is -2.13. The van der Waals surface area contributed by atoms with Gasteiger partial charge in [0, 0.05) is 57.1 Å². The van der Waals surface area contributed by atoms with Gasteiger partial charge in [0.05, 0.1) is 38.6 Å². The van der Waals surface area contributed by atoms with Gasteiger partial charge in [-0.15, -0.1) is 0 Å². The topological polar surface area (TPSA) is 67.2 Å². The Bertz CT molecular complexity index is 882. The molecular weight excluding hydrogens is 416 g/mol. The molecule has 0 spiro atoms. The van der Waals surface area contributed by atoms with Crippen LogP contribution in [0, 0.1) is 0 Å². The number of aromatic nitrogens is 2.